The van der Waals surface area contributed by atoms with Crippen molar-refractivity contribution in [2.45, 2.75) is 37.2 Å². The van der Waals surface area contributed by atoms with Gasteiger partial charge in [0.15, 0.2) is 11.6 Å². The Hall–Kier alpha value is -2.55. The summed E-state index contributed by atoms with van der Waals surface area (Å²) in [4.78, 5) is 26.1. The first-order valence-corrected chi connectivity index (χ1v) is 10.6. The van der Waals surface area contributed by atoms with E-state index in [0.717, 1.165) is 0 Å². The van der Waals surface area contributed by atoms with Gasteiger partial charge in [-0.1, -0.05) is 31.2 Å². The van der Waals surface area contributed by atoms with Crippen molar-refractivity contribution >= 4 is 22.4 Å². The van der Waals surface area contributed by atoms with E-state index in [4.69, 9.17) is 0 Å². The van der Waals surface area contributed by atoms with Crippen LogP contribution in [0.2, 0.25) is 0 Å². The van der Waals surface area contributed by atoms with Crippen molar-refractivity contribution in [3.8, 4) is 11.5 Å². The second kappa shape index (κ2) is 6.48. The van der Waals surface area contributed by atoms with Crippen LogP contribution in [0.3, 0.4) is 0 Å². The number of benzene rings is 2. The van der Waals surface area contributed by atoms with Crippen molar-refractivity contribution in [2.75, 3.05) is 5.75 Å². The molecule has 4 N–H and O–H groups in total. The van der Waals surface area contributed by atoms with E-state index in [1.807, 2.05) is 0 Å². The van der Waals surface area contributed by atoms with Gasteiger partial charge in [-0.05, 0) is 6.92 Å². The lowest BCUT2D eigenvalue weighted by atomic mass is 9.73. The summed E-state index contributed by atoms with van der Waals surface area (Å²) in [5, 5.41) is 42.2. The summed E-state index contributed by atoms with van der Waals surface area (Å²) in [6.45, 7) is 3.02. The zero-order valence-electron chi connectivity index (χ0n) is 15.8. The molecule has 7 nitrogen and oxygen atoms in total. The molecule has 0 bridgehead atoms. The van der Waals surface area contributed by atoms with Gasteiger partial charge in [0.1, 0.15) is 11.5 Å². The highest BCUT2D eigenvalue weighted by molar-refractivity contribution is 7.85. The van der Waals surface area contributed by atoms with E-state index >= 15 is 0 Å². The molecular weight excluding hydrogens is 396 g/mol. The van der Waals surface area contributed by atoms with Crippen LogP contribution in [0.5, 0.6) is 11.5 Å². The van der Waals surface area contributed by atoms with Crippen molar-refractivity contribution in [1.29, 1.82) is 0 Å². The molecule has 0 saturated heterocycles. The third kappa shape index (κ3) is 2.59. The van der Waals surface area contributed by atoms with Gasteiger partial charge in [0.25, 0.3) is 0 Å². The largest absolute Gasteiger partial charge is 0.507 e. The van der Waals surface area contributed by atoms with Crippen LogP contribution in [0.1, 0.15) is 74.6 Å². The van der Waals surface area contributed by atoms with Crippen molar-refractivity contribution < 1.29 is 34.2 Å². The fourth-order valence-corrected chi connectivity index (χ4v) is 5.94. The number of aromatic hydroxyl groups is 2. The van der Waals surface area contributed by atoms with Gasteiger partial charge >= 0.3 is 0 Å². The number of phenolic OH excluding ortho intramolecular Hbond substituents is 2. The highest BCUT2D eigenvalue weighted by Crippen LogP contribution is 2.55. The summed E-state index contributed by atoms with van der Waals surface area (Å²) in [7, 11) is -1.67. The first-order chi connectivity index (χ1) is 13.6. The van der Waals surface area contributed by atoms with Crippen molar-refractivity contribution in [2.24, 2.45) is 0 Å². The number of ketones is 2. The molecule has 4 rings (SSSR count). The van der Waals surface area contributed by atoms with Gasteiger partial charge < -0.3 is 20.4 Å². The molecule has 0 aliphatic heterocycles. The van der Waals surface area contributed by atoms with Gasteiger partial charge in [0, 0.05) is 45.2 Å². The van der Waals surface area contributed by atoms with E-state index in [2.05, 4.69) is 0 Å². The van der Waals surface area contributed by atoms with Crippen LogP contribution >= 0.6 is 0 Å². The van der Waals surface area contributed by atoms with Gasteiger partial charge in [-0.2, -0.15) is 0 Å². The predicted molar refractivity (Wildman–Crippen MR) is 105 cm³/mol. The third-order valence-corrected chi connectivity index (χ3v) is 7.55. The van der Waals surface area contributed by atoms with Crippen LogP contribution in [-0.4, -0.2) is 47.6 Å². The van der Waals surface area contributed by atoms with E-state index in [9.17, 15) is 34.2 Å². The molecule has 2 aliphatic rings. The average Bonchev–Trinajstić information content (AvgIpc) is 2.67. The van der Waals surface area contributed by atoms with E-state index in [1.165, 1.54) is 19.1 Å². The van der Waals surface area contributed by atoms with Crippen LogP contribution in [0, 0.1) is 0 Å². The minimum absolute atomic E-state index is 0.0796. The maximum Gasteiger partial charge on any atom is 0.198 e. The molecule has 2 aromatic rings. The lowest BCUT2D eigenvalue weighted by molar-refractivity contribution is -0.0125. The standard InChI is InChI=1S/C21H20O7S/c1-3-29(28)20-15-12(11(22)8-21(20,2)27)18(25)13-14(19(15)26)17(24)10-7-5-4-6-9(10)16(13)23/h4-7,11,20,22,25-27H,3,8H2,1-2H3/t11-,20+,21+,29?/m0/s1. The van der Waals surface area contributed by atoms with E-state index in [0.29, 0.717) is 0 Å². The molecular formula is C21H20O7S. The number of carbonyl (C=O) groups is 2. The fraction of sp³-hybridized carbons (Fsp3) is 0.333. The molecule has 1 unspecified atom stereocenters. The molecule has 0 amide bonds. The molecule has 0 spiro atoms. The summed E-state index contributed by atoms with van der Waals surface area (Å²) in [6.07, 6.45) is -1.66. The maximum absolute atomic E-state index is 13.1. The zero-order chi connectivity index (χ0) is 21.2. The number of hydrogen-bond acceptors (Lipinski definition) is 7. The quantitative estimate of drug-likeness (QED) is 0.469. The summed E-state index contributed by atoms with van der Waals surface area (Å²) in [6, 6.07) is 6.05. The van der Waals surface area contributed by atoms with Crippen LogP contribution in [0.25, 0.3) is 0 Å². The van der Waals surface area contributed by atoms with Crippen LogP contribution in [-0.2, 0) is 10.8 Å². The minimum Gasteiger partial charge on any atom is -0.507 e. The molecule has 0 saturated carbocycles. The summed E-state index contributed by atoms with van der Waals surface area (Å²) in [5.41, 5.74) is -2.59. The maximum atomic E-state index is 13.1. The smallest absolute Gasteiger partial charge is 0.198 e. The molecule has 29 heavy (non-hydrogen) atoms. The molecule has 0 aromatic heterocycles. The van der Waals surface area contributed by atoms with Crippen molar-refractivity contribution in [1.82, 2.24) is 0 Å². The Morgan fingerprint density at radius 1 is 1.03 bits per heavy atom. The molecule has 0 radical (unpaired) electrons. The normalized spacial score (nSPS) is 26.5. The van der Waals surface area contributed by atoms with E-state index in [1.54, 1.807) is 19.1 Å². The number of rotatable bonds is 2. The second-order valence-electron chi connectivity index (χ2n) is 7.60. The Labute approximate surface area is 169 Å². The third-order valence-electron chi connectivity index (χ3n) is 5.71. The van der Waals surface area contributed by atoms with Crippen molar-refractivity contribution in [3.63, 3.8) is 0 Å². The predicted octanol–water partition coefficient (Wildman–Crippen LogP) is 1.87. The first kappa shape index (κ1) is 19.8. The molecule has 2 aliphatic carbocycles. The molecule has 0 fully saturated rings. The number of phenols is 2. The Bertz CT molecular complexity index is 1100. The van der Waals surface area contributed by atoms with Crippen LogP contribution in [0.4, 0.5) is 0 Å². The fourth-order valence-electron chi connectivity index (χ4n) is 4.45. The van der Waals surface area contributed by atoms with Crippen LogP contribution < -0.4 is 0 Å². The topological polar surface area (TPSA) is 132 Å². The highest BCUT2D eigenvalue weighted by Gasteiger charge is 2.50. The Balaban J connectivity index is 2.11. The van der Waals surface area contributed by atoms with Gasteiger partial charge in [-0.3, -0.25) is 13.8 Å². The molecule has 152 valence electrons. The van der Waals surface area contributed by atoms with Gasteiger partial charge in [0.05, 0.1) is 28.1 Å². The number of aliphatic hydroxyl groups is 2. The Morgan fingerprint density at radius 3 is 2.00 bits per heavy atom. The lowest BCUT2D eigenvalue weighted by Gasteiger charge is -2.41. The Kier molecular flexibility index (Phi) is 4.41. The average molecular weight is 416 g/mol. The lowest BCUT2D eigenvalue weighted by Crippen LogP contribution is -2.42. The molecule has 2 aromatic carbocycles. The second-order valence-corrected chi connectivity index (χ2v) is 9.42. The number of carbonyl (C=O) groups excluding carboxylic acids is 2. The van der Waals surface area contributed by atoms with Crippen molar-refractivity contribution in [3.05, 3.63) is 57.6 Å². The zero-order valence-corrected chi connectivity index (χ0v) is 16.6. The van der Waals surface area contributed by atoms with Gasteiger partial charge in [-0.15, -0.1) is 0 Å². The molecule has 4 atom stereocenters. The minimum atomic E-state index is -1.67. The monoisotopic (exact) mass is 416 g/mol. The van der Waals surface area contributed by atoms with Gasteiger partial charge in [-0.25, -0.2) is 0 Å². The SMILES string of the molecule is CCS(=O)[C@@H]1c2c(O)c3c(c(O)c2[C@@H](O)C[C@@]1(C)O)C(=O)c1ccccc1C3=O. The number of aliphatic hydroxyl groups excluding tert-OH is 1. The number of fused-ring (bicyclic) bond motifs is 3. The molecule has 0 heterocycles. The van der Waals surface area contributed by atoms with Crippen LogP contribution in [0.15, 0.2) is 24.3 Å². The first-order valence-electron chi connectivity index (χ1n) is 9.19. The van der Waals surface area contributed by atoms with E-state index in [-0.39, 0.29) is 40.0 Å². The summed E-state index contributed by atoms with van der Waals surface area (Å²) in [5.74, 6) is -2.42. The van der Waals surface area contributed by atoms with Gasteiger partial charge in [0.2, 0.25) is 0 Å². The Morgan fingerprint density at radius 2 is 1.52 bits per heavy atom. The van der Waals surface area contributed by atoms with E-state index < -0.39 is 56.4 Å². The summed E-state index contributed by atoms with van der Waals surface area (Å²) >= 11 is 0. The highest BCUT2D eigenvalue weighted by atomic mass is 32.2. The summed E-state index contributed by atoms with van der Waals surface area (Å²) < 4.78 is 12.8. The number of hydrogen-bond donors (Lipinski definition) is 4. The molecule has 8 heteroatoms.